The van der Waals surface area contributed by atoms with Crippen LogP contribution in [-0.4, -0.2) is 28.2 Å². The number of nitrogen functional groups attached to an aromatic ring is 1. The van der Waals surface area contributed by atoms with Crippen LogP contribution >= 0.6 is 0 Å². The Morgan fingerprint density at radius 2 is 1.95 bits per heavy atom. The van der Waals surface area contributed by atoms with Crippen LogP contribution in [-0.2, 0) is 14.8 Å². The van der Waals surface area contributed by atoms with Gasteiger partial charge in [0.25, 0.3) is 0 Å². The van der Waals surface area contributed by atoms with Gasteiger partial charge in [-0.15, -0.1) is 0 Å². The van der Waals surface area contributed by atoms with E-state index in [4.69, 9.17) is 10.5 Å². The Labute approximate surface area is 123 Å². The van der Waals surface area contributed by atoms with Crippen molar-refractivity contribution in [3.63, 3.8) is 0 Å². The maximum Gasteiger partial charge on any atom is 0.243 e. The van der Waals surface area contributed by atoms with E-state index in [2.05, 4.69) is 4.72 Å². The van der Waals surface area contributed by atoms with E-state index in [0.717, 1.165) is 18.6 Å². The van der Waals surface area contributed by atoms with Crippen LogP contribution in [0.1, 0.15) is 20.3 Å². The lowest BCUT2D eigenvalue weighted by molar-refractivity contribution is 0.128. The topological polar surface area (TPSA) is 81.4 Å². The van der Waals surface area contributed by atoms with Gasteiger partial charge in [-0.1, -0.05) is 13.8 Å². The first-order chi connectivity index (χ1) is 9.75. The Morgan fingerprint density at radius 3 is 2.57 bits per heavy atom. The lowest BCUT2D eigenvalue weighted by Crippen LogP contribution is -2.28. The molecular weight excluding hydrogens is 302 g/mol. The largest absolute Gasteiger partial charge is 0.394 e. The van der Waals surface area contributed by atoms with Crippen LogP contribution < -0.4 is 10.5 Å². The van der Waals surface area contributed by atoms with Crippen molar-refractivity contribution in [2.45, 2.75) is 25.2 Å². The first-order valence-electron chi connectivity index (χ1n) is 6.56. The zero-order valence-corrected chi connectivity index (χ0v) is 12.8. The van der Waals surface area contributed by atoms with Crippen molar-refractivity contribution in [3.05, 3.63) is 23.8 Å². The Morgan fingerprint density at radius 1 is 1.29 bits per heavy atom. The molecule has 1 rings (SSSR count). The first kappa shape index (κ1) is 17.8. The minimum atomic E-state index is -4.09. The molecule has 5 nitrogen and oxygen atoms in total. The molecule has 1 aromatic rings. The number of sulfonamides is 1. The van der Waals surface area contributed by atoms with Gasteiger partial charge in [-0.25, -0.2) is 21.9 Å². The summed E-state index contributed by atoms with van der Waals surface area (Å²) in [5.41, 5.74) is 4.32. The minimum absolute atomic E-state index is 0.00283. The molecule has 1 aromatic carbocycles. The van der Waals surface area contributed by atoms with E-state index in [9.17, 15) is 17.2 Å². The minimum Gasteiger partial charge on any atom is -0.394 e. The Hall–Kier alpha value is -1.25. The molecule has 0 heterocycles. The molecule has 0 bridgehead atoms. The van der Waals surface area contributed by atoms with Gasteiger partial charge in [-0.3, -0.25) is 0 Å². The highest BCUT2D eigenvalue weighted by Crippen LogP contribution is 2.22. The predicted molar refractivity (Wildman–Crippen MR) is 76.2 cm³/mol. The standard InChI is InChI=1S/C13H20F2N2O3S/c1-9(2)5-7-20-8-6-17-21(18,19)11-4-3-10(14)13(16)12(11)15/h3-4,9,17H,5-8,16H2,1-2H3. The summed E-state index contributed by atoms with van der Waals surface area (Å²) in [6, 6.07) is 1.65. The average Bonchev–Trinajstić information content (AvgIpc) is 2.39. The zero-order chi connectivity index (χ0) is 16.0. The lowest BCUT2D eigenvalue weighted by Gasteiger charge is -2.10. The normalized spacial score (nSPS) is 12.0. The summed E-state index contributed by atoms with van der Waals surface area (Å²) in [5.74, 6) is -1.79. The highest BCUT2D eigenvalue weighted by Gasteiger charge is 2.22. The lowest BCUT2D eigenvalue weighted by atomic mass is 10.1. The number of nitrogens with two attached hydrogens (primary N) is 1. The van der Waals surface area contributed by atoms with E-state index < -0.39 is 32.2 Å². The smallest absolute Gasteiger partial charge is 0.243 e. The van der Waals surface area contributed by atoms with Gasteiger partial charge in [0.15, 0.2) is 5.82 Å². The van der Waals surface area contributed by atoms with Gasteiger partial charge in [0, 0.05) is 13.2 Å². The first-order valence-corrected chi connectivity index (χ1v) is 8.05. The SMILES string of the molecule is CC(C)CCOCCNS(=O)(=O)c1ccc(F)c(N)c1F. The Bertz CT molecular complexity index is 577. The molecule has 120 valence electrons. The summed E-state index contributed by atoms with van der Waals surface area (Å²) < 4.78 is 57.8. The van der Waals surface area contributed by atoms with Gasteiger partial charge < -0.3 is 10.5 Å². The van der Waals surface area contributed by atoms with Crippen molar-refractivity contribution in [1.29, 1.82) is 0 Å². The van der Waals surface area contributed by atoms with E-state index >= 15 is 0 Å². The predicted octanol–water partition coefficient (Wildman–Crippen LogP) is 1.89. The number of anilines is 1. The second-order valence-corrected chi connectivity index (χ2v) is 6.70. The van der Waals surface area contributed by atoms with Crippen LogP contribution in [0.25, 0.3) is 0 Å². The van der Waals surface area contributed by atoms with Crippen LogP contribution in [0.2, 0.25) is 0 Å². The number of ether oxygens (including phenoxy) is 1. The molecule has 0 unspecified atom stereocenters. The van der Waals surface area contributed by atoms with Crippen molar-refractivity contribution < 1.29 is 21.9 Å². The molecule has 0 aliphatic carbocycles. The van der Waals surface area contributed by atoms with Gasteiger partial charge in [-0.05, 0) is 24.5 Å². The molecule has 0 saturated heterocycles. The van der Waals surface area contributed by atoms with E-state index in [0.29, 0.717) is 12.5 Å². The van der Waals surface area contributed by atoms with Gasteiger partial charge in [0.2, 0.25) is 10.0 Å². The molecule has 0 aliphatic rings. The Kier molecular flexibility index (Phi) is 6.50. The third-order valence-corrected chi connectivity index (χ3v) is 4.24. The summed E-state index contributed by atoms with van der Waals surface area (Å²) in [7, 11) is -4.09. The number of rotatable bonds is 8. The summed E-state index contributed by atoms with van der Waals surface area (Å²) in [4.78, 5) is -0.677. The van der Waals surface area contributed by atoms with Crippen LogP contribution in [0.5, 0.6) is 0 Å². The van der Waals surface area contributed by atoms with Crippen LogP contribution in [0.3, 0.4) is 0 Å². The number of hydrogen-bond donors (Lipinski definition) is 2. The zero-order valence-electron chi connectivity index (χ0n) is 12.0. The summed E-state index contributed by atoms with van der Waals surface area (Å²) >= 11 is 0. The molecule has 0 amide bonds. The van der Waals surface area contributed by atoms with Gasteiger partial charge in [0.1, 0.15) is 16.4 Å². The fraction of sp³-hybridized carbons (Fsp3) is 0.538. The monoisotopic (exact) mass is 322 g/mol. The van der Waals surface area contributed by atoms with Crippen molar-refractivity contribution in [3.8, 4) is 0 Å². The van der Waals surface area contributed by atoms with Crippen LogP contribution in [0, 0.1) is 17.6 Å². The molecule has 0 radical (unpaired) electrons. The summed E-state index contributed by atoms with van der Waals surface area (Å²) in [6.07, 6.45) is 0.871. The van der Waals surface area contributed by atoms with Crippen LogP contribution in [0.4, 0.5) is 14.5 Å². The van der Waals surface area contributed by atoms with Gasteiger partial charge in [-0.2, -0.15) is 0 Å². The van der Waals surface area contributed by atoms with Crippen molar-refractivity contribution in [1.82, 2.24) is 4.72 Å². The Balaban J connectivity index is 2.57. The van der Waals surface area contributed by atoms with E-state index in [-0.39, 0.29) is 13.2 Å². The van der Waals surface area contributed by atoms with Gasteiger partial charge >= 0.3 is 0 Å². The number of nitrogens with one attached hydrogen (secondary N) is 1. The fourth-order valence-electron chi connectivity index (χ4n) is 1.50. The molecule has 0 saturated carbocycles. The number of halogens is 2. The van der Waals surface area contributed by atoms with Crippen molar-refractivity contribution in [2.75, 3.05) is 25.5 Å². The molecule has 0 aliphatic heterocycles. The molecule has 0 atom stereocenters. The average molecular weight is 322 g/mol. The third-order valence-electron chi connectivity index (χ3n) is 2.76. The van der Waals surface area contributed by atoms with Gasteiger partial charge in [0.05, 0.1) is 6.61 Å². The number of benzene rings is 1. The van der Waals surface area contributed by atoms with Crippen LogP contribution in [0.15, 0.2) is 17.0 Å². The van der Waals surface area contributed by atoms with E-state index in [1.807, 2.05) is 13.8 Å². The molecule has 0 aromatic heterocycles. The van der Waals surface area contributed by atoms with E-state index in [1.54, 1.807) is 0 Å². The second kappa shape index (κ2) is 7.67. The maximum atomic E-state index is 13.7. The second-order valence-electron chi connectivity index (χ2n) is 4.97. The van der Waals surface area contributed by atoms with Crippen molar-refractivity contribution in [2.24, 2.45) is 5.92 Å². The molecule has 21 heavy (non-hydrogen) atoms. The molecule has 0 fully saturated rings. The van der Waals surface area contributed by atoms with E-state index in [1.165, 1.54) is 0 Å². The molecule has 0 spiro atoms. The maximum absolute atomic E-state index is 13.7. The highest BCUT2D eigenvalue weighted by atomic mass is 32.2. The number of hydrogen-bond acceptors (Lipinski definition) is 4. The summed E-state index contributed by atoms with van der Waals surface area (Å²) in [6.45, 7) is 4.79. The molecule has 3 N–H and O–H groups in total. The summed E-state index contributed by atoms with van der Waals surface area (Å²) in [5, 5.41) is 0. The molecular formula is C13H20F2N2O3S. The fourth-order valence-corrected chi connectivity index (χ4v) is 2.60. The third kappa shape index (κ3) is 5.22. The highest BCUT2D eigenvalue weighted by molar-refractivity contribution is 7.89. The molecule has 8 heteroatoms. The van der Waals surface area contributed by atoms with Crippen molar-refractivity contribution >= 4 is 15.7 Å². The quantitative estimate of drug-likeness (QED) is 0.566.